The second kappa shape index (κ2) is 6.12. The van der Waals surface area contributed by atoms with Crippen LogP contribution in [0.2, 0.25) is 0 Å². The number of nitrogens with zero attached hydrogens (tertiary/aromatic N) is 1. The minimum Gasteiger partial charge on any atom is -0.307 e. The smallest absolute Gasteiger partial charge is 0.244 e. The van der Waals surface area contributed by atoms with Crippen LogP contribution in [0.4, 0.5) is 5.82 Å². The zero-order chi connectivity index (χ0) is 13.8. The number of nitrogen functional groups attached to an aromatic ring is 1. The number of pyridine rings is 1. The molecule has 7 heteroatoms. The van der Waals surface area contributed by atoms with E-state index in [0.29, 0.717) is 12.5 Å². The Hall–Kier alpha value is -1.18. The summed E-state index contributed by atoms with van der Waals surface area (Å²) in [6, 6.07) is 3.02. The van der Waals surface area contributed by atoms with Gasteiger partial charge in [0.15, 0.2) is 5.82 Å². The maximum absolute atomic E-state index is 12.1. The largest absolute Gasteiger partial charge is 0.307 e. The average molecular weight is 272 g/mol. The summed E-state index contributed by atoms with van der Waals surface area (Å²) in [7, 11) is -3.59. The van der Waals surface area contributed by atoms with E-state index in [1.165, 1.54) is 12.3 Å². The Bertz CT molecular complexity index is 488. The van der Waals surface area contributed by atoms with E-state index in [-0.39, 0.29) is 16.6 Å². The summed E-state index contributed by atoms with van der Waals surface area (Å²) in [5.41, 5.74) is 2.28. The molecule has 0 aromatic carbocycles. The van der Waals surface area contributed by atoms with E-state index in [9.17, 15) is 8.42 Å². The fourth-order valence-corrected chi connectivity index (χ4v) is 2.53. The Morgan fingerprint density at radius 2 is 2.06 bits per heavy atom. The number of sulfonamides is 1. The highest BCUT2D eigenvalue weighted by Gasteiger charge is 2.20. The maximum Gasteiger partial charge on any atom is 0.244 e. The topological polar surface area (TPSA) is 97.1 Å². The lowest BCUT2D eigenvalue weighted by molar-refractivity contribution is 0.414. The standard InChI is InChI=1S/C11H20N4O2S/c1-8(2)9(3)7-14-18(16,17)10-5-4-6-13-11(10)15-12/h4-6,8-9,14H,7,12H2,1-3H3,(H,13,15). The van der Waals surface area contributed by atoms with Gasteiger partial charge in [0.2, 0.25) is 10.0 Å². The van der Waals surface area contributed by atoms with Crippen molar-refractivity contribution in [1.82, 2.24) is 9.71 Å². The number of hydrogen-bond acceptors (Lipinski definition) is 5. The van der Waals surface area contributed by atoms with E-state index in [2.05, 4.69) is 29.0 Å². The van der Waals surface area contributed by atoms with E-state index in [0.717, 1.165) is 0 Å². The zero-order valence-corrected chi connectivity index (χ0v) is 11.7. The molecule has 1 atom stereocenters. The van der Waals surface area contributed by atoms with Crippen molar-refractivity contribution in [2.75, 3.05) is 12.0 Å². The van der Waals surface area contributed by atoms with Crippen molar-refractivity contribution in [3.05, 3.63) is 18.3 Å². The number of aromatic nitrogens is 1. The van der Waals surface area contributed by atoms with Gasteiger partial charge in [0.05, 0.1) is 0 Å². The van der Waals surface area contributed by atoms with Gasteiger partial charge < -0.3 is 5.43 Å². The molecule has 1 unspecified atom stereocenters. The third-order valence-corrected chi connectivity index (χ3v) is 4.39. The molecule has 0 aliphatic carbocycles. The monoisotopic (exact) mass is 272 g/mol. The second-order valence-electron chi connectivity index (χ2n) is 4.57. The first-order chi connectivity index (χ1) is 8.38. The molecule has 1 heterocycles. The predicted molar refractivity (Wildman–Crippen MR) is 71.2 cm³/mol. The number of nitrogens with two attached hydrogens (primary N) is 1. The zero-order valence-electron chi connectivity index (χ0n) is 10.8. The fourth-order valence-electron chi connectivity index (χ4n) is 1.27. The Morgan fingerprint density at radius 1 is 1.39 bits per heavy atom. The Morgan fingerprint density at radius 3 is 2.61 bits per heavy atom. The van der Waals surface area contributed by atoms with Crippen LogP contribution < -0.4 is 16.0 Å². The van der Waals surface area contributed by atoms with Crippen LogP contribution in [-0.4, -0.2) is 19.9 Å². The molecule has 1 aromatic rings. The molecule has 0 spiro atoms. The van der Waals surface area contributed by atoms with Crippen LogP contribution in [0.5, 0.6) is 0 Å². The first-order valence-electron chi connectivity index (χ1n) is 5.79. The summed E-state index contributed by atoms with van der Waals surface area (Å²) in [4.78, 5) is 3.93. The SMILES string of the molecule is CC(C)C(C)CNS(=O)(=O)c1cccnc1NN. The molecule has 0 saturated heterocycles. The van der Waals surface area contributed by atoms with Crippen LogP contribution in [0.3, 0.4) is 0 Å². The highest BCUT2D eigenvalue weighted by atomic mass is 32.2. The summed E-state index contributed by atoms with van der Waals surface area (Å²) in [5.74, 6) is 6.05. The van der Waals surface area contributed by atoms with Gasteiger partial charge in [0.1, 0.15) is 4.90 Å². The number of rotatable bonds is 6. The van der Waals surface area contributed by atoms with Gasteiger partial charge in [-0.05, 0) is 24.0 Å². The van der Waals surface area contributed by atoms with Gasteiger partial charge in [0, 0.05) is 12.7 Å². The highest BCUT2D eigenvalue weighted by Crippen LogP contribution is 2.17. The first kappa shape index (κ1) is 14.9. The minimum absolute atomic E-state index is 0.0588. The average Bonchev–Trinajstić information content (AvgIpc) is 2.35. The van der Waals surface area contributed by atoms with Gasteiger partial charge >= 0.3 is 0 Å². The molecule has 0 fully saturated rings. The summed E-state index contributed by atoms with van der Waals surface area (Å²) in [5, 5.41) is 0. The molecule has 0 aliphatic heterocycles. The van der Waals surface area contributed by atoms with Gasteiger partial charge in [0.25, 0.3) is 0 Å². The molecule has 0 aliphatic rings. The first-order valence-corrected chi connectivity index (χ1v) is 7.28. The fraction of sp³-hybridized carbons (Fsp3) is 0.545. The van der Waals surface area contributed by atoms with Crippen LogP contribution >= 0.6 is 0 Å². The van der Waals surface area contributed by atoms with Crippen LogP contribution in [0.15, 0.2) is 23.2 Å². The summed E-state index contributed by atoms with van der Waals surface area (Å²) < 4.78 is 26.8. The van der Waals surface area contributed by atoms with Crippen molar-refractivity contribution in [2.24, 2.45) is 17.7 Å². The van der Waals surface area contributed by atoms with E-state index in [4.69, 9.17) is 5.84 Å². The van der Waals surface area contributed by atoms with E-state index >= 15 is 0 Å². The third kappa shape index (κ3) is 3.66. The van der Waals surface area contributed by atoms with E-state index in [1.807, 2.05) is 6.92 Å². The van der Waals surface area contributed by atoms with Crippen LogP contribution in [0, 0.1) is 11.8 Å². The molecule has 18 heavy (non-hydrogen) atoms. The molecule has 0 amide bonds. The maximum atomic E-state index is 12.1. The number of nitrogens with one attached hydrogen (secondary N) is 2. The lowest BCUT2D eigenvalue weighted by atomic mass is 9.99. The van der Waals surface area contributed by atoms with Crippen molar-refractivity contribution in [2.45, 2.75) is 25.7 Å². The number of hydrogen-bond donors (Lipinski definition) is 3. The Kier molecular flexibility index (Phi) is 5.06. The van der Waals surface area contributed by atoms with Crippen LogP contribution in [-0.2, 0) is 10.0 Å². The summed E-state index contributed by atoms with van der Waals surface area (Å²) in [6.07, 6.45) is 1.48. The minimum atomic E-state index is -3.59. The summed E-state index contributed by atoms with van der Waals surface area (Å²) in [6.45, 7) is 6.49. The molecule has 0 radical (unpaired) electrons. The van der Waals surface area contributed by atoms with Gasteiger partial charge in [-0.15, -0.1) is 0 Å². The van der Waals surface area contributed by atoms with Gasteiger partial charge in [-0.2, -0.15) is 0 Å². The number of anilines is 1. The normalized spacial score (nSPS) is 13.6. The Labute approximate surface area is 108 Å². The van der Waals surface area contributed by atoms with Crippen LogP contribution in [0.1, 0.15) is 20.8 Å². The van der Waals surface area contributed by atoms with E-state index < -0.39 is 10.0 Å². The molecular formula is C11H20N4O2S. The molecule has 102 valence electrons. The van der Waals surface area contributed by atoms with Crippen molar-refractivity contribution in [3.63, 3.8) is 0 Å². The van der Waals surface area contributed by atoms with Crippen molar-refractivity contribution >= 4 is 15.8 Å². The lowest BCUT2D eigenvalue weighted by Crippen LogP contribution is -2.31. The molecule has 0 bridgehead atoms. The van der Waals surface area contributed by atoms with Crippen molar-refractivity contribution in [1.29, 1.82) is 0 Å². The molecule has 4 N–H and O–H groups in total. The Balaban J connectivity index is 2.87. The number of hydrazine groups is 1. The highest BCUT2D eigenvalue weighted by molar-refractivity contribution is 7.89. The second-order valence-corrected chi connectivity index (χ2v) is 6.30. The molecule has 1 aromatic heterocycles. The summed E-state index contributed by atoms with van der Waals surface area (Å²) >= 11 is 0. The molecule has 0 saturated carbocycles. The van der Waals surface area contributed by atoms with Gasteiger partial charge in [-0.1, -0.05) is 20.8 Å². The third-order valence-electron chi connectivity index (χ3n) is 2.93. The van der Waals surface area contributed by atoms with Gasteiger partial charge in [-0.25, -0.2) is 24.0 Å². The molecule has 1 rings (SSSR count). The van der Waals surface area contributed by atoms with Crippen molar-refractivity contribution < 1.29 is 8.42 Å². The predicted octanol–water partition coefficient (Wildman–Crippen LogP) is 0.938. The molecule has 6 nitrogen and oxygen atoms in total. The quantitative estimate of drug-likeness (QED) is 0.529. The van der Waals surface area contributed by atoms with E-state index in [1.54, 1.807) is 6.07 Å². The van der Waals surface area contributed by atoms with Crippen LogP contribution in [0.25, 0.3) is 0 Å². The van der Waals surface area contributed by atoms with Gasteiger partial charge in [-0.3, -0.25) is 0 Å². The van der Waals surface area contributed by atoms with Crippen molar-refractivity contribution in [3.8, 4) is 0 Å². The molecular weight excluding hydrogens is 252 g/mol. The lowest BCUT2D eigenvalue weighted by Gasteiger charge is -2.16.